The van der Waals surface area contributed by atoms with Crippen LogP contribution in [0.25, 0.3) is 0 Å². The maximum atomic E-state index is 11.6. The standard InChI is InChI=1S/C13H24ClNO3/c1-13(2,3)18-12(17)15-10-6-4-9(5-7-10)11(16)8-14/h9-11,16H,4-8H2,1-3H3,(H,15,17). The number of halogens is 1. The molecule has 4 nitrogen and oxygen atoms in total. The lowest BCUT2D eigenvalue weighted by Gasteiger charge is -2.31. The largest absolute Gasteiger partial charge is 0.444 e. The summed E-state index contributed by atoms with van der Waals surface area (Å²) < 4.78 is 5.22. The van der Waals surface area contributed by atoms with Crippen molar-refractivity contribution in [3.05, 3.63) is 0 Å². The molecule has 2 N–H and O–H groups in total. The predicted molar refractivity (Wildman–Crippen MR) is 71.8 cm³/mol. The van der Waals surface area contributed by atoms with Crippen molar-refractivity contribution in [2.24, 2.45) is 5.92 Å². The first-order chi connectivity index (χ1) is 8.31. The fraction of sp³-hybridized carbons (Fsp3) is 0.923. The molecule has 1 aliphatic rings. The number of aliphatic hydroxyl groups is 1. The van der Waals surface area contributed by atoms with Gasteiger partial charge in [-0.25, -0.2) is 4.79 Å². The summed E-state index contributed by atoms with van der Waals surface area (Å²) in [5.74, 6) is 0.550. The number of amides is 1. The maximum absolute atomic E-state index is 11.6. The van der Waals surface area contributed by atoms with E-state index in [-0.39, 0.29) is 23.9 Å². The van der Waals surface area contributed by atoms with Crippen LogP contribution in [-0.4, -0.2) is 34.8 Å². The Labute approximate surface area is 114 Å². The lowest BCUT2D eigenvalue weighted by Crippen LogP contribution is -2.42. The average Bonchev–Trinajstić information content (AvgIpc) is 2.26. The molecule has 0 bridgehead atoms. The zero-order valence-electron chi connectivity index (χ0n) is 11.4. The Morgan fingerprint density at radius 1 is 1.39 bits per heavy atom. The normalized spacial score (nSPS) is 26.5. The van der Waals surface area contributed by atoms with Crippen LogP contribution >= 0.6 is 11.6 Å². The molecular weight excluding hydrogens is 254 g/mol. The lowest BCUT2D eigenvalue weighted by atomic mass is 9.83. The monoisotopic (exact) mass is 277 g/mol. The van der Waals surface area contributed by atoms with E-state index < -0.39 is 11.7 Å². The van der Waals surface area contributed by atoms with Gasteiger partial charge in [-0.3, -0.25) is 0 Å². The SMILES string of the molecule is CC(C)(C)OC(=O)NC1CCC(C(O)CCl)CC1. The molecule has 0 heterocycles. The minimum absolute atomic E-state index is 0.152. The van der Waals surface area contributed by atoms with Crippen LogP contribution in [0.5, 0.6) is 0 Å². The first-order valence-corrected chi connectivity index (χ1v) is 7.09. The van der Waals surface area contributed by atoms with E-state index in [0.29, 0.717) is 0 Å². The molecule has 1 fully saturated rings. The summed E-state index contributed by atoms with van der Waals surface area (Å²) in [6.45, 7) is 5.54. The van der Waals surface area contributed by atoms with Crippen molar-refractivity contribution in [1.82, 2.24) is 5.32 Å². The van der Waals surface area contributed by atoms with Gasteiger partial charge in [-0.2, -0.15) is 0 Å². The van der Waals surface area contributed by atoms with E-state index in [4.69, 9.17) is 16.3 Å². The number of alkyl carbamates (subject to hydrolysis) is 1. The Morgan fingerprint density at radius 3 is 2.39 bits per heavy atom. The van der Waals surface area contributed by atoms with E-state index in [2.05, 4.69) is 5.32 Å². The summed E-state index contributed by atoms with van der Waals surface area (Å²) in [6, 6.07) is 0.152. The van der Waals surface area contributed by atoms with Crippen molar-refractivity contribution in [2.45, 2.75) is 64.2 Å². The highest BCUT2D eigenvalue weighted by Crippen LogP contribution is 2.27. The Balaban J connectivity index is 2.29. The van der Waals surface area contributed by atoms with Gasteiger partial charge >= 0.3 is 6.09 Å². The minimum Gasteiger partial charge on any atom is -0.444 e. The van der Waals surface area contributed by atoms with Gasteiger partial charge in [-0.15, -0.1) is 11.6 Å². The third-order valence-corrected chi connectivity index (χ3v) is 3.51. The van der Waals surface area contributed by atoms with E-state index in [1.165, 1.54) is 0 Å². The minimum atomic E-state index is -0.462. The molecule has 106 valence electrons. The van der Waals surface area contributed by atoms with E-state index in [1.54, 1.807) is 0 Å². The number of hydrogen-bond acceptors (Lipinski definition) is 3. The number of hydrogen-bond donors (Lipinski definition) is 2. The molecular formula is C13H24ClNO3. The van der Waals surface area contributed by atoms with Gasteiger partial charge in [0.25, 0.3) is 0 Å². The predicted octanol–water partition coefficient (Wildman–Crippen LogP) is 2.67. The summed E-state index contributed by atoms with van der Waals surface area (Å²) in [5.41, 5.74) is -0.462. The van der Waals surface area contributed by atoms with Crippen molar-refractivity contribution < 1.29 is 14.6 Å². The number of ether oxygens (including phenoxy) is 1. The summed E-state index contributed by atoms with van der Waals surface area (Å²) >= 11 is 5.64. The molecule has 5 heteroatoms. The summed E-state index contributed by atoms with van der Waals surface area (Å²) in [7, 11) is 0. The highest BCUT2D eigenvalue weighted by molar-refractivity contribution is 6.18. The number of aliphatic hydroxyl groups excluding tert-OH is 1. The van der Waals surface area contributed by atoms with Crippen molar-refractivity contribution >= 4 is 17.7 Å². The second-order valence-electron chi connectivity index (χ2n) is 5.98. The Hall–Kier alpha value is -0.480. The van der Waals surface area contributed by atoms with E-state index in [1.807, 2.05) is 20.8 Å². The highest BCUT2D eigenvalue weighted by Gasteiger charge is 2.27. The molecule has 18 heavy (non-hydrogen) atoms. The van der Waals surface area contributed by atoms with E-state index in [9.17, 15) is 9.90 Å². The molecule has 0 aromatic carbocycles. The van der Waals surface area contributed by atoms with Crippen LogP contribution in [0.4, 0.5) is 4.79 Å². The smallest absolute Gasteiger partial charge is 0.407 e. The second-order valence-corrected chi connectivity index (χ2v) is 6.29. The number of carbonyl (C=O) groups is 1. The molecule has 1 aliphatic carbocycles. The van der Waals surface area contributed by atoms with Crippen LogP contribution in [0.2, 0.25) is 0 Å². The number of carbonyl (C=O) groups excluding carboxylic acids is 1. The van der Waals surface area contributed by atoms with Crippen molar-refractivity contribution in [3.63, 3.8) is 0 Å². The molecule has 0 aromatic rings. The van der Waals surface area contributed by atoms with Crippen LogP contribution in [-0.2, 0) is 4.74 Å². The molecule has 1 rings (SSSR count). The van der Waals surface area contributed by atoms with Crippen molar-refractivity contribution in [2.75, 3.05) is 5.88 Å². The van der Waals surface area contributed by atoms with Gasteiger partial charge in [0.2, 0.25) is 0 Å². The van der Waals surface area contributed by atoms with Gasteiger partial charge in [0.05, 0.1) is 6.10 Å². The Kier molecular flexibility index (Phi) is 5.73. The molecule has 1 atom stereocenters. The fourth-order valence-electron chi connectivity index (χ4n) is 2.25. The quantitative estimate of drug-likeness (QED) is 0.780. The van der Waals surface area contributed by atoms with Crippen LogP contribution in [0, 0.1) is 5.92 Å². The molecule has 0 aliphatic heterocycles. The third-order valence-electron chi connectivity index (χ3n) is 3.19. The molecule has 1 saturated carbocycles. The molecule has 0 radical (unpaired) electrons. The van der Waals surface area contributed by atoms with Crippen molar-refractivity contribution in [1.29, 1.82) is 0 Å². The van der Waals surface area contributed by atoms with Gasteiger partial charge in [0, 0.05) is 11.9 Å². The Morgan fingerprint density at radius 2 is 1.94 bits per heavy atom. The molecule has 0 spiro atoms. The lowest BCUT2D eigenvalue weighted by molar-refractivity contribution is 0.0464. The Bertz CT molecular complexity index is 270. The zero-order valence-corrected chi connectivity index (χ0v) is 12.2. The van der Waals surface area contributed by atoms with Gasteiger partial charge in [0.15, 0.2) is 0 Å². The van der Waals surface area contributed by atoms with Crippen LogP contribution in [0.15, 0.2) is 0 Å². The van der Waals surface area contributed by atoms with Gasteiger partial charge in [0.1, 0.15) is 5.60 Å². The van der Waals surface area contributed by atoms with E-state index in [0.717, 1.165) is 25.7 Å². The van der Waals surface area contributed by atoms with E-state index >= 15 is 0 Å². The highest BCUT2D eigenvalue weighted by atomic mass is 35.5. The summed E-state index contributed by atoms with van der Waals surface area (Å²) in [6.07, 6.45) is 2.76. The molecule has 1 unspecified atom stereocenters. The zero-order chi connectivity index (χ0) is 13.8. The first-order valence-electron chi connectivity index (χ1n) is 6.55. The number of rotatable bonds is 3. The summed E-state index contributed by atoms with van der Waals surface area (Å²) in [5, 5.41) is 12.5. The van der Waals surface area contributed by atoms with Crippen molar-refractivity contribution in [3.8, 4) is 0 Å². The topological polar surface area (TPSA) is 58.6 Å². The van der Waals surface area contributed by atoms with Crippen LogP contribution < -0.4 is 5.32 Å². The number of nitrogens with one attached hydrogen (secondary N) is 1. The fourth-order valence-corrected chi connectivity index (χ4v) is 2.50. The third kappa shape index (κ3) is 5.44. The number of alkyl halides is 1. The average molecular weight is 278 g/mol. The van der Waals surface area contributed by atoms with Gasteiger partial charge < -0.3 is 15.2 Å². The van der Waals surface area contributed by atoms with Crippen LogP contribution in [0.1, 0.15) is 46.5 Å². The molecule has 0 saturated heterocycles. The maximum Gasteiger partial charge on any atom is 0.407 e. The van der Waals surface area contributed by atoms with Gasteiger partial charge in [-0.1, -0.05) is 0 Å². The first kappa shape index (κ1) is 15.6. The summed E-state index contributed by atoms with van der Waals surface area (Å²) in [4.78, 5) is 11.6. The molecule has 0 aromatic heterocycles. The second kappa shape index (κ2) is 6.62. The van der Waals surface area contributed by atoms with Gasteiger partial charge in [-0.05, 0) is 52.4 Å². The molecule has 1 amide bonds. The van der Waals surface area contributed by atoms with Crippen LogP contribution in [0.3, 0.4) is 0 Å².